The molecule has 0 fully saturated rings. The van der Waals surface area contributed by atoms with Gasteiger partial charge in [0.2, 0.25) is 0 Å². The first-order valence-electron chi connectivity index (χ1n) is 12.6. The molecule has 0 aromatic heterocycles. The molecule has 0 aliphatic heterocycles. The van der Waals surface area contributed by atoms with E-state index in [0.717, 1.165) is 24.8 Å². The summed E-state index contributed by atoms with van der Waals surface area (Å²) in [5.74, 6) is -1.02. The summed E-state index contributed by atoms with van der Waals surface area (Å²) in [7, 11) is 0. The van der Waals surface area contributed by atoms with Crippen LogP contribution in [0.25, 0.3) is 0 Å². The quantitative estimate of drug-likeness (QED) is 0.190. The first-order chi connectivity index (χ1) is 16.2. The first kappa shape index (κ1) is 31.4. The van der Waals surface area contributed by atoms with Gasteiger partial charge < -0.3 is 19.5 Å². The molecule has 0 heterocycles. The fourth-order valence-electron chi connectivity index (χ4n) is 2.93. The van der Waals surface area contributed by atoms with Crippen molar-refractivity contribution in [1.82, 2.24) is 5.32 Å². The number of ether oxygens (including phenoxy) is 3. The lowest BCUT2D eigenvalue weighted by Crippen LogP contribution is -2.44. The van der Waals surface area contributed by atoms with Crippen molar-refractivity contribution in [3.8, 4) is 0 Å². The Morgan fingerprint density at radius 1 is 0.912 bits per heavy atom. The normalized spacial score (nSPS) is 11.5. The minimum absolute atomic E-state index is 0.00324. The molecule has 34 heavy (non-hydrogen) atoms. The van der Waals surface area contributed by atoms with Gasteiger partial charge in [-0.1, -0.05) is 83.2 Å². The van der Waals surface area contributed by atoms with Gasteiger partial charge in [-0.05, 0) is 39.2 Å². The van der Waals surface area contributed by atoms with Gasteiger partial charge in [0.05, 0.1) is 6.61 Å². The first-order valence-corrected chi connectivity index (χ1v) is 12.6. The molecular weight excluding hydrogens is 434 g/mol. The largest absolute Gasteiger partial charge is 0.466 e. The third-order valence-electron chi connectivity index (χ3n) is 4.60. The van der Waals surface area contributed by atoms with E-state index < -0.39 is 29.7 Å². The summed E-state index contributed by atoms with van der Waals surface area (Å²) >= 11 is 0. The molecule has 1 aromatic carbocycles. The Morgan fingerprint density at radius 2 is 1.53 bits per heavy atom. The van der Waals surface area contributed by atoms with Crippen LogP contribution in [-0.4, -0.2) is 36.3 Å². The summed E-state index contributed by atoms with van der Waals surface area (Å²) in [6.45, 7) is 11.8. The Bertz CT molecular complexity index is 684. The van der Waals surface area contributed by atoms with Crippen LogP contribution in [-0.2, 0) is 30.4 Å². The van der Waals surface area contributed by atoms with Gasteiger partial charge >= 0.3 is 18.0 Å². The van der Waals surface area contributed by atoms with Crippen molar-refractivity contribution < 1.29 is 28.6 Å². The second kappa shape index (κ2) is 18.8. The van der Waals surface area contributed by atoms with E-state index >= 15 is 0 Å². The predicted molar refractivity (Wildman–Crippen MR) is 134 cm³/mol. The second-order valence-corrected chi connectivity index (χ2v) is 8.82. The smallest absolute Gasteiger partial charge is 0.408 e. The van der Waals surface area contributed by atoms with Crippen LogP contribution in [0.3, 0.4) is 0 Å². The van der Waals surface area contributed by atoms with Crippen LogP contribution >= 0.6 is 0 Å². The molecule has 1 aromatic rings. The molecule has 0 radical (unpaired) electrons. The number of amides is 1. The zero-order valence-corrected chi connectivity index (χ0v) is 22.0. The molecule has 0 aliphatic carbocycles. The van der Waals surface area contributed by atoms with E-state index in [1.807, 2.05) is 44.2 Å². The Morgan fingerprint density at radius 3 is 2.15 bits per heavy atom. The average molecular weight is 480 g/mol. The van der Waals surface area contributed by atoms with Gasteiger partial charge in [-0.2, -0.15) is 0 Å². The summed E-state index contributed by atoms with van der Waals surface area (Å²) < 4.78 is 15.8. The van der Waals surface area contributed by atoms with Crippen molar-refractivity contribution in [3.05, 3.63) is 35.9 Å². The summed E-state index contributed by atoms with van der Waals surface area (Å²) in [6.07, 6.45) is 5.95. The van der Waals surface area contributed by atoms with E-state index in [4.69, 9.17) is 14.2 Å². The Hall–Kier alpha value is -2.57. The third kappa shape index (κ3) is 17.0. The molecule has 194 valence electrons. The molecule has 0 saturated carbocycles. The lowest BCUT2D eigenvalue weighted by molar-refractivity contribution is -0.148. The van der Waals surface area contributed by atoms with E-state index in [9.17, 15) is 14.4 Å². The molecule has 1 amide bonds. The van der Waals surface area contributed by atoms with E-state index in [-0.39, 0.29) is 19.4 Å². The van der Waals surface area contributed by atoms with Crippen LogP contribution in [0.5, 0.6) is 0 Å². The van der Waals surface area contributed by atoms with Gasteiger partial charge in [0, 0.05) is 6.42 Å². The predicted octanol–water partition coefficient (Wildman–Crippen LogP) is 6.33. The van der Waals surface area contributed by atoms with Gasteiger partial charge in [-0.25, -0.2) is 9.59 Å². The number of benzene rings is 1. The molecule has 7 nitrogen and oxygen atoms in total. The molecule has 1 N–H and O–H groups in total. The van der Waals surface area contributed by atoms with Crippen molar-refractivity contribution >= 4 is 18.0 Å². The molecule has 1 atom stereocenters. The van der Waals surface area contributed by atoms with Crippen LogP contribution in [0.2, 0.25) is 0 Å². The van der Waals surface area contributed by atoms with E-state index in [2.05, 4.69) is 12.2 Å². The number of carbonyl (C=O) groups is 3. The topological polar surface area (TPSA) is 90.9 Å². The van der Waals surface area contributed by atoms with Crippen LogP contribution in [0.15, 0.2) is 30.3 Å². The monoisotopic (exact) mass is 479 g/mol. The number of alkyl carbamates (subject to hydrolysis) is 1. The zero-order valence-electron chi connectivity index (χ0n) is 22.0. The van der Waals surface area contributed by atoms with Crippen LogP contribution in [0, 0.1) is 0 Å². The van der Waals surface area contributed by atoms with E-state index in [1.165, 1.54) is 19.3 Å². The van der Waals surface area contributed by atoms with Gasteiger partial charge in [0.25, 0.3) is 0 Å². The lowest BCUT2D eigenvalue weighted by Gasteiger charge is -2.23. The summed E-state index contributed by atoms with van der Waals surface area (Å²) in [5, 5.41) is 2.52. The molecule has 0 spiro atoms. The van der Waals surface area contributed by atoms with Gasteiger partial charge in [0.15, 0.2) is 0 Å². The van der Waals surface area contributed by atoms with E-state index in [0.29, 0.717) is 6.61 Å². The van der Waals surface area contributed by atoms with Gasteiger partial charge in [-0.15, -0.1) is 0 Å². The maximum atomic E-state index is 12.6. The minimum Gasteiger partial charge on any atom is -0.466 e. The third-order valence-corrected chi connectivity index (χ3v) is 4.60. The SMILES string of the molecule is CC.CCCCCCCCOC(=O)CC[C@H](NC(=O)OC(C)(C)C)C(=O)OCc1ccccc1. The zero-order chi connectivity index (χ0) is 25.8. The summed E-state index contributed by atoms with van der Waals surface area (Å²) in [5.41, 5.74) is 0.119. The molecule has 1 rings (SSSR count). The van der Waals surface area contributed by atoms with Crippen molar-refractivity contribution in [1.29, 1.82) is 0 Å². The van der Waals surface area contributed by atoms with Gasteiger partial charge in [-0.3, -0.25) is 4.79 Å². The molecule has 0 unspecified atom stereocenters. The number of hydrogen-bond donors (Lipinski definition) is 1. The highest BCUT2D eigenvalue weighted by Crippen LogP contribution is 2.11. The summed E-state index contributed by atoms with van der Waals surface area (Å²) in [6, 6.07) is 8.23. The van der Waals surface area contributed by atoms with Crippen molar-refractivity contribution in [2.24, 2.45) is 0 Å². The van der Waals surface area contributed by atoms with Gasteiger partial charge in [0.1, 0.15) is 18.2 Å². The Labute approximate surface area is 205 Å². The molecule has 0 saturated heterocycles. The fourth-order valence-corrected chi connectivity index (χ4v) is 2.93. The van der Waals surface area contributed by atoms with Crippen LogP contribution in [0.4, 0.5) is 4.79 Å². The average Bonchev–Trinajstić information content (AvgIpc) is 2.80. The van der Waals surface area contributed by atoms with Crippen LogP contribution in [0.1, 0.15) is 98.5 Å². The fraction of sp³-hybridized carbons (Fsp3) is 0.667. The minimum atomic E-state index is -1.00. The highest BCUT2D eigenvalue weighted by atomic mass is 16.6. The Kier molecular flexibility index (Phi) is 17.4. The lowest BCUT2D eigenvalue weighted by atomic mass is 10.1. The molecule has 0 aliphatic rings. The summed E-state index contributed by atoms with van der Waals surface area (Å²) in [4.78, 5) is 36.8. The van der Waals surface area contributed by atoms with Crippen molar-refractivity contribution in [2.45, 2.75) is 111 Å². The van der Waals surface area contributed by atoms with Crippen LogP contribution < -0.4 is 5.32 Å². The number of carbonyl (C=O) groups excluding carboxylic acids is 3. The van der Waals surface area contributed by atoms with Crippen molar-refractivity contribution in [3.63, 3.8) is 0 Å². The number of rotatable bonds is 14. The van der Waals surface area contributed by atoms with Crippen molar-refractivity contribution in [2.75, 3.05) is 6.61 Å². The Balaban J connectivity index is 0.00000529. The van der Waals surface area contributed by atoms with E-state index in [1.54, 1.807) is 20.8 Å². The highest BCUT2D eigenvalue weighted by Gasteiger charge is 2.26. The maximum Gasteiger partial charge on any atom is 0.408 e. The number of nitrogens with one attached hydrogen (secondary N) is 1. The maximum absolute atomic E-state index is 12.6. The highest BCUT2D eigenvalue weighted by molar-refractivity contribution is 5.82. The second-order valence-electron chi connectivity index (χ2n) is 8.82. The molecule has 0 bridgehead atoms. The molecule has 7 heteroatoms. The molecular formula is C27H45NO6. The number of unbranched alkanes of at least 4 members (excludes halogenated alkanes) is 5. The number of esters is 2. The standard InChI is InChI=1S/C25H39NO6.C2H6/c1-5-6-7-8-9-13-18-30-22(27)17-16-21(26-24(29)32-25(2,3)4)23(28)31-19-20-14-11-10-12-15-20;1-2/h10-12,14-15,21H,5-9,13,16-19H2,1-4H3,(H,26,29);1-2H3/t21-;/m0./s1. The number of hydrogen-bond acceptors (Lipinski definition) is 6.